The van der Waals surface area contributed by atoms with Gasteiger partial charge in [0, 0.05) is 11.3 Å². The molecule has 0 saturated heterocycles. The van der Waals surface area contributed by atoms with Gasteiger partial charge in [-0.3, -0.25) is 25.2 Å². The normalized spacial score (nSPS) is 10.1. The van der Waals surface area contributed by atoms with E-state index >= 15 is 0 Å². The second-order valence-electron chi connectivity index (χ2n) is 6.83. The van der Waals surface area contributed by atoms with Gasteiger partial charge in [0.15, 0.2) is 11.5 Å². The molecule has 3 amide bonds. The van der Waals surface area contributed by atoms with Crippen molar-refractivity contribution in [3.05, 3.63) is 42.0 Å². The van der Waals surface area contributed by atoms with Crippen molar-refractivity contribution < 1.29 is 38.1 Å². The van der Waals surface area contributed by atoms with Gasteiger partial charge in [-0.2, -0.15) is 0 Å². The molecule has 184 valence electrons. The summed E-state index contributed by atoms with van der Waals surface area (Å²) in [6.45, 7) is 1.85. The van der Waals surface area contributed by atoms with Crippen LogP contribution in [0.1, 0.15) is 23.7 Å². The van der Waals surface area contributed by atoms with E-state index in [1.807, 2.05) is 6.92 Å². The van der Waals surface area contributed by atoms with Gasteiger partial charge in [0.05, 0.1) is 27.9 Å². The molecule has 0 aliphatic carbocycles. The molecule has 2 aromatic carbocycles. The molecule has 34 heavy (non-hydrogen) atoms. The highest BCUT2D eigenvalue weighted by Crippen LogP contribution is 2.38. The maximum absolute atomic E-state index is 12.4. The third kappa shape index (κ3) is 7.85. The lowest BCUT2D eigenvalue weighted by atomic mass is 10.1. The molecule has 0 unspecified atom stereocenters. The molecule has 3 N–H and O–H groups in total. The zero-order valence-electron chi connectivity index (χ0n) is 19.6. The van der Waals surface area contributed by atoms with Crippen LogP contribution in [0.15, 0.2) is 36.4 Å². The first-order valence-electron chi connectivity index (χ1n) is 10.4. The molecule has 11 heteroatoms. The lowest BCUT2D eigenvalue weighted by Gasteiger charge is -2.14. The zero-order valence-corrected chi connectivity index (χ0v) is 19.6. The number of carbonyl (C=O) groups is 3. The van der Waals surface area contributed by atoms with E-state index in [0.29, 0.717) is 23.8 Å². The van der Waals surface area contributed by atoms with Crippen LogP contribution in [0.3, 0.4) is 0 Å². The Morgan fingerprint density at radius 2 is 1.44 bits per heavy atom. The van der Waals surface area contributed by atoms with E-state index in [1.165, 1.54) is 33.5 Å². The summed E-state index contributed by atoms with van der Waals surface area (Å²) < 4.78 is 26.2. The van der Waals surface area contributed by atoms with Gasteiger partial charge in [-0.1, -0.05) is 6.92 Å². The lowest BCUT2D eigenvalue weighted by molar-refractivity contribution is -0.129. The van der Waals surface area contributed by atoms with Crippen molar-refractivity contribution in [1.29, 1.82) is 0 Å². The van der Waals surface area contributed by atoms with Crippen LogP contribution in [0, 0.1) is 0 Å². The number of hydrogen-bond donors (Lipinski definition) is 3. The van der Waals surface area contributed by atoms with Crippen molar-refractivity contribution in [3.8, 4) is 23.0 Å². The third-order valence-electron chi connectivity index (χ3n) is 4.32. The fraction of sp³-hybridized carbons (Fsp3) is 0.348. The summed E-state index contributed by atoms with van der Waals surface area (Å²) in [5, 5.41) is 2.65. The van der Waals surface area contributed by atoms with Gasteiger partial charge in [0.25, 0.3) is 11.8 Å². The maximum Gasteiger partial charge on any atom is 0.269 e. The van der Waals surface area contributed by atoms with Crippen molar-refractivity contribution in [2.24, 2.45) is 0 Å². The predicted octanol–water partition coefficient (Wildman–Crippen LogP) is 1.92. The number of carbonyl (C=O) groups excluding carboxylic acids is 3. The van der Waals surface area contributed by atoms with Crippen LogP contribution in [-0.2, 0) is 14.3 Å². The van der Waals surface area contributed by atoms with Crippen LogP contribution in [-0.4, -0.2) is 58.9 Å². The molecule has 0 atom stereocenters. The Bertz CT molecular complexity index is 954. The van der Waals surface area contributed by atoms with Crippen LogP contribution < -0.4 is 35.1 Å². The van der Waals surface area contributed by atoms with Crippen LogP contribution in [0.5, 0.6) is 23.0 Å². The van der Waals surface area contributed by atoms with E-state index in [0.717, 1.165) is 6.42 Å². The molecule has 0 aromatic heterocycles. The van der Waals surface area contributed by atoms with Crippen molar-refractivity contribution in [1.82, 2.24) is 10.9 Å². The number of nitrogens with one attached hydrogen (secondary N) is 3. The number of hydrazine groups is 1. The van der Waals surface area contributed by atoms with Crippen LogP contribution in [0.25, 0.3) is 0 Å². The molecule has 0 saturated carbocycles. The number of hydrogen-bond acceptors (Lipinski definition) is 8. The summed E-state index contributed by atoms with van der Waals surface area (Å²) in [4.78, 5) is 36.3. The summed E-state index contributed by atoms with van der Waals surface area (Å²) in [5.74, 6) is -0.0785. The van der Waals surface area contributed by atoms with Crippen molar-refractivity contribution in [3.63, 3.8) is 0 Å². The molecule has 2 aromatic rings. The van der Waals surface area contributed by atoms with E-state index in [9.17, 15) is 14.4 Å². The molecule has 0 fully saturated rings. The number of anilines is 1. The number of benzene rings is 2. The first-order valence-corrected chi connectivity index (χ1v) is 10.4. The molecule has 0 aliphatic heterocycles. The molecule has 0 aliphatic rings. The highest BCUT2D eigenvalue weighted by atomic mass is 16.5. The van der Waals surface area contributed by atoms with Gasteiger partial charge in [-0.15, -0.1) is 0 Å². The Morgan fingerprint density at radius 1 is 0.824 bits per heavy atom. The zero-order chi connectivity index (χ0) is 24.9. The highest BCUT2D eigenvalue weighted by Gasteiger charge is 2.17. The summed E-state index contributed by atoms with van der Waals surface area (Å²) in [5.41, 5.74) is 5.20. The number of rotatable bonds is 12. The molecule has 2 rings (SSSR count). The van der Waals surface area contributed by atoms with Crippen molar-refractivity contribution in [2.45, 2.75) is 13.3 Å². The molecule has 0 radical (unpaired) electrons. The smallest absolute Gasteiger partial charge is 0.269 e. The largest absolute Gasteiger partial charge is 0.494 e. The Hall–Kier alpha value is -3.99. The van der Waals surface area contributed by atoms with E-state index < -0.39 is 24.3 Å². The number of ether oxygens (including phenoxy) is 5. The molecule has 0 bridgehead atoms. The Kier molecular flexibility index (Phi) is 10.5. The van der Waals surface area contributed by atoms with Gasteiger partial charge in [-0.05, 0) is 42.8 Å². The molecule has 11 nitrogen and oxygen atoms in total. The van der Waals surface area contributed by atoms with E-state index in [2.05, 4.69) is 16.2 Å². The van der Waals surface area contributed by atoms with Gasteiger partial charge in [0.1, 0.15) is 19.0 Å². The topological polar surface area (TPSA) is 133 Å². The fourth-order valence-corrected chi connectivity index (χ4v) is 2.73. The van der Waals surface area contributed by atoms with E-state index in [-0.39, 0.29) is 23.7 Å². The van der Waals surface area contributed by atoms with Crippen molar-refractivity contribution >= 4 is 23.4 Å². The third-order valence-corrected chi connectivity index (χ3v) is 4.32. The highest BCUT2D eigenvalue weighted by molar-refractivity contribution is 5.97. The second-order valence-corrected chi connectivity index (χ2v) is 6.83. The minimum atomic E-state index is -0.647. The fourth-order valence-electron chi connectivity index (χ4n) is 2.73. The first-order chi connectivity index (χ1) is 16.4. The Labute approximate surface area is 197 Å². The predicted molar refractivity (Wildman–Crippen MR) is 123 cm³/mol. The summed E-state index contributed by atoms with van der Waals surface area (Å²) in [7, 11) is 4.29. The van der Waals surface area contributed by atoms with Gasteiger partial charge >= 0.3 is 0 Å². The number of amides is 3. The van der Waals surface area contributed by atoms with Crippen LogP contribution >= 0.6 is 0 Å². The van der Waals surface area contributed by atoms with E-state index in [4.69, 9.17) is 23.7 Å². The lowest BCUT2D eigenvalue weighted by Crippen LogP contribution is -2.43. The SMILES string of the molecule is CCCOc1ccc(NC(=O)COCC(=O)NNC(=O)c2cc(OC)c(OC)c(OC)c2)cc1. The Balaban J connectivity index is 1.76. The number of methoxy groups -OCH3 is 3. The van der Waals surface area contributed by atoms with Gasteiger partial charge < -0.3 is 29.0 Å². The molecular formula is C23H29N3O8. The van der Waals surface area contributed by atoms with Gasteiger partial charge in [-0.25, -0.2) is 0 Å². The summed E-state index contributed by atoms with van der Waals surface area (Å²) in [6.07, 6.45) is 0.901. The molecule has 0 heterocycles. The summed E-state index contributed by atoms with van der Waals surface area (Å²) in [6, 6.07) is 9.77. The average Bonchev–Trinajstić information content (AvgIpc) is 2.85. The van der Waals surface area contributed by atoms with Crippen LogP contribution in [0.2, 0.25) is 0 Å². The second kappa shape index (κ2) is 13.5. The van der Waals surface area contributed by atoms with Crippen LogP contribution in [0.4, 0.5) is 5.69 Å². The standard InChI is InChI=1S/C23H29N3O8/c1-5-10-34-17-8-6-16(7-9-17)24-20(27)13-33-14-21(28)25-26-23(29)15-11-18(30-2)22(32-4)19(12-15)31-3/h6-9,11-12H,5,10,13-14H2,1-4H3,(H,24,27)(H,25,28)(H,26,29). The quantitative estimate of drug-likeness (QED) is 0.397. The molecule has 0 spiro atoms. The maximum atomic E-state index is 12.4. The minimum Gasteiger partial charge on any atom is -0.494 e. The summed E-state index contributed by atoms with van der Waals surface area (Å²) >= 11 is 0. The monoisotopic (exact) mass is 475 g/mol. The Morgan fingerprint density at radius 3 is 2.00 bits per heavy atom. The molecular weight excluding hydrogens is 446 g/mol. The first kappa shape index (κ1) is 26.3. The van der Waals surface area contributed by atoms with Gasteiger partial charge in [0.2, 0.25) is 11.7 Å². The minimum absolute atomic E-state index is 0.168. The average molecular weight is 475 g/mol. The van der Waals surface area contributed by atoms with Crippen molar-refractivity contribution in [2.75, 3.05) is 46.5 Å². The van der Waals surface area contributed by atoms with E-state index in [1.54, 1.807) is 24.3 Å².